The summed E-state index contributed by atoms with van der Waals surface area (Å²) >= 11 is 0. The lowest BCUT2D eigenvalue weighted by Crippen LogP contribution is -2.18. The van der Waals surface area contributed by atoms with E-state index in [1.807, 2.05) is 6.92 Å². The Bertz CT molecular complexity index is 1420. The van der Waals surface area contributed by atoms with Crippen LogP contribution in [0.4, 0.5) is 0 Å². The van der Waals surface area contributed by atoms with Gasteiger partial charge in [0.2, 0.25) is 5.78 Å². The number of hydrogen-bond acceptors (Lipinski definition) is 9. The first kappa shape index (κ1) is 85.0. The van der Waals surface area contributed by atoms with Crippen LogP contribution in [-0.2, 0) is 43.2 Å². The van der Waals surface area contributed by atoms with Gasteiger partial charge in [0.25, 0.3) is 0 Å². The van der Waals surface area contributed by atoms with Gasteiger partial charge in [-0.1, -0.05) is 186 Å². The molecule has 0 aliphatic carbocycles. The predicted molar refractivity (Wildman–Crippen MR) is 291 cm³/mol. The largest absolute Gasteiger partial charge is 0.481 e. The molecular weight excluding hydrogens is 945 g/mol. The second-order valence-corrected chi connectivity index (χ2v) is 19.5. The average Bonchev–Trinajstić information content (AvgIpc) is 3.28. The molecule has 0 saturated carbocycles. The standard InChI is InChI=1S/C10H20O2.C9H18O2.C8H16O2.2C7H14O2.C5H8O3.C5H8O2.C5H10O2/c1-3-4-5-6-9(2)7-8-10(11)12;1-3-4-5-8(2)6-7-9(10)11;1-3-4-5-6-7(2)8(9)10;1-6(2)4-3-5-7(8)9;1-3-4-5-6(2)7(8)9;1-3(2)4(6)5(7)8;1-4(2)3-5(6)7;1-3-4(2)5(6)7/h9H,3-8H2,1-2H3,(H,11,12);8H,3-7H2,1-2H3,(H,10,11);7H,3-6H2,1-2H3,(H,9,10);2*6H,3-5H2,1-2H3,(H,8,9);3H,1-2H3,(H,7,8);3H,1-2H3,(H,6,7);4H,3H2,1-2H3,(H,6,7). The van der Waals surface area contributed by atoms with Gasteiger partial charge in [-0.2, -0.15) is 0 Å². The maximum absolute atomic E-state index is 10.3. The first-order valence-corrected chi connectivity index (χ1v) is 26.7. The Morgan fingerprint density at radius 3 is 0.932 bits per heavy atom. The predicted octanol–water partition coefficient (Wildman–Crippen LogP) is 14.3. The van der Waals surface area contributed by atoms with Gasteiger partial charge in [-0.15, -0.1) is 0 Å². The van der Waals surface area contributed by atoms with E-state index in [4.69, 9.17) is 40.9 Å². The Hall–Kier alpha value is -4.83. The van der Waals surface area contributed by atoms with E-state index in [1.165, 1.54) is 51.0 Å². The molecular formula is C56H108O17. The first-order chi connectivity index (χ1) is 33.7. The summed E-state index contributed by atoms with van der Waals surface area (Å²) in [6.07, 6.45) is 22.0. The summed E-state index contributed by atoms with van der Waals surface area (Å²) in [6, 6.07) is 0. The smallest absolute Gasteiger partial charge is 0.372 e. The summed E-state index contributed by atoms with van der Waals surface area (Å²) in [4.78, 5) is 90.6. The van der Waals surface area contributed by atoms with Gasteiger partial charge in [0.1, 0.15) is 0 Å². The van der Waals surface area contributed by atoms with E-state index in [-0.39, 0.29) is 17.8 Å². The molecule has 73 heavy (non-hydrogen) atoms. The van der Waals surface area contributed by atoms with Gasteiger partial charge in [0.05, 0.1) is 17.8 Å². The molecule has 0 rings (SSSR count). The van der Waals surface area contributed by atoms with Crippen molar-refractivity contribution < 1.29 is 84.0 Å². The van der Waals surface area contributed by atoms with Crippen LogP contribution in [0.3, 0.4) is 0 Å². The minimum Gasteiger partial charge on any atom is -0.481 e. The Morgan fingerprint density at radius 2 is 0.712 bits per heavy atom. The van der Waals surface area contributed by atoms with Crippen molar-refractivity contribution in [2.24, 2.45) is 41.4 Å². The Balaban J connectivity index is -0.000000111. The number of carbonyl (C=O) groups is 9. The summed E-state index contributed by atoms with van der Waals surface area (Å²) in [5, 5.41) is 66.1. The van der Waals surface area contributed by atoms with Gasteiger partial charge < -0.3 is 40.9 Å². The number of unbranched alkanes of at least 4 members (excludes halogenated alkanes) is 6. The second kappa shape index (κ2) is 61.5. The molecule has 0 saturated heterocycles. The molecule has 0 aliphatic heterocycles. The van der Waals surface area contributed by atoms with Crippen molar-refractivity contribution in [1.29, 1.82) is 0 Å². The lowest BCUT2D eigenvalue weighted by atomic mass is 9.98. The summed E-state index contributed by atoms with van der Waals surface area (Å²) in [7, 11) is 0. The first-order valence-electron chi connectivity index (χ1n) is 26.7. The molecule has 0 aromatic carbocycles. The number of hydrogen-bond donors (Lipinski definition) is 8. The zero-order valence-electron chi connectivity index (χ0n) is 48.4. The molecule has 8 N–H and O–H groups in total. The SMILES string of the molecule is CC(C)=CC(=O)O.CC(C)C(=O)C(=O)O.CC(C)CCCC(=O)O.CCC(C)C(=O)O.CCCCC(C)C(=O)O.CCCCC(C)CCC(=O)O.CCCCCC(C)C(=O)O.CCCCCC(C)CCC(=O)O. The fourth-order valence-electron chi connectivity index (χ4n) is 5.11. The zero-order chi connectivity index (χ0) is 59.1. The van der Waals surface area contributed by atoms with E-state index in [0.29, 0.717) is 37.0 Å². The Morgan fingerprint density at radius 1 is 0.384 bits per heavy atom. The molecule has 0 heterocycles. The highest BCUT2D eigenvalue weighted by atomic mass is 16.4. The van der Waals surface area contributed by atoms with E-state index < -0.39 is 59.5 Å². The molecule has 0 aromatic heterocycles. The van der Waals surface area contributed by atoms with Gasteiger partial charge in [-0.05, 0) is 70.1 Å². The monoisotopic (exact) mass is 1050 g/mol. The van der Waals surface area contributed by atoms with Crippen molar-refractivity contribution in [1.82, 2.24) is 0 Å². The maximum atomic E-state index is 10.3. The van der Waals surface area contributed by atoms with Gasteiger partial charge in [-0.25, -0.2) is 9.59 Å². The molecule has 0 radical (unpaired) electrons. The number of carboxylic acid groups (broad SMARTS) is 8. The fraction of sp³-hybridized carbons (Fsp3) is 0.804. The summed E-state index contributed by atoms with van der Waals surface area (Å²) in [6.45, 7) is 30.6. The number of ketones is 1. The van der Waals surface area contributed by atoms with E-state index in [9.17, 15) is 43.2 Å². The van der Waals surface area contributed by atoms with Crippen molar-refractivity contribution in [3.8, 4) is 0 Å². The molecule has 5 atom stereocenters. The third-order valence-electron chi connectivity index (χ3n) is 10.5. The molecule has 0 fully saturated rings. The quantitative estimate of drug-likeness (QED) is 0.0182. The summed E-state index contributed by atoms with van der Waals surface area (Å²) < 4.78 is 0. The van der Waals surface area contributed by atoms with Crippen molar-refractivity contribution in [2.45, 2.75) is 252 Å². The number of rotatable bonds is 31. The molecule has 434 valence electrons. The lowest BCUT2D eigenvalue weighted by molar-refractivity contribution is -0.150. The van der Waals surface area contributed by atoms with E-state index in [2.05, 4.69) is 55.4 Å². The zero-order valence-corrected chi connectivity index (χ0v) is 48.4. The molecule has 17 heteroatoms. The van der Waals surface area contributed by atoms with Crippen molar-refractivity contribution in [2.75, 3.05) is 0 Å². The van der Waals surface area contributed by atoms with Gasteiger partial charge >= 0.3 is 47.8 Å². The summed E-state index contributed by atoms with van der Waals surface area (Å²) in [5.74, 6) is -6.15. The van der Waals surface area contributed by atoms with Crippen molar-refractivity contribution in [3.63, 3.8) is 0 Å². The van der Waals surface area contributed by atoms with E-state index >= 15 is 0 Å². The van der Waals surface area contributed by atoms with E-state index in [0.717, 1.165) is 82.6 Å². The molecule has 0 spiro atoms. The number of carbonyl (C=O) groups excluding carboxylic acids is 1. The highest BCUT2D eigenvalue weighted by Crippen LogP contribution is 2.15. The minimum absolute atomic E-state index is 0.161. The van der Waals surface area contributed by atoms with Crippen molar-refractivity contribution >= 4 is 53.5 Å². The van der Waals surface area contributed by atoms with Crippen LogP contribution in [0.25, 0.3) is 0 Å². The Labute approximate surface area is 441 Å². The second-order valence-electron chi connectivity index (χ2n) is 19.5. The van der Waals surface area contributed by atoms with E-state index in [1.54, 1.807) is 48.5 Å². The Kier molecular flexibility index (Phi) is 71.5. The molecule has 5 unspecified atom stereocenters. The number of carboxylic acids is 8. The number of Topliss-reactive ketones (excluding diaryl/α,β-unsaturated/α-hetero) is 1. The minimum atomic E-state index is -1.35. The average molecular weight is 1050 g/mol. The fourth-order valence-corrected chi connectivity index (χ4v) is 5.11. The molecule has 0 aromatic rings. The van der Waals surface area contributed by atoms with Crippen LogP contribution < -0.4 is 0 Å². The third-order valence-corrected chi connectivity index (χ3v) is 10.5. The third kappa shape index (κ3) is 93.7. The van der Waals surface area contributed by atoms with Crippen LogP contribution >= 0.6 is 0 Å². The van der Waals surface area contributed by atoms with Gasteiger partial charge in [0.15, 0.2) is 0 Å². The number of allylic oxidation sites excluding steroid dienone is 1. The summed E-state index contributed by atoms with van der Waals surface area (Å²) in [5.41, 5.74) is 0.813. The molecule has 17 nitrogen and oxygen atoms in total. The molecule has 0 bridgehead atoms. The number of aliphatic carboxylic acids is 8. The highest BCUT2D eigenvalue weighted by molar-refractivity contribution is 6.33. The highest BCUT2D eigenvalue weighted by Gasteiger charge is 2.14. The molecule has 0 aliphatic rings. The topological polar surface area (TPSA) is 315 Å². The van der Waals surface area contributed by atoms with Crippen LogP contribution in [0.2, 0.25) is 0 Å². The normalized spacial score (nSPS) is 11.8. The van der Waals surface area contributed by atoms with Crippen LogP contribution in [0.1, 0.15) is 252 Å². The molecule has 0 amide bonds. The van der Waals surface area contributed by atoms with Gasteiger partial charge in [0, 0.05) is 31.3 Å². The van der Waals surface area contributed by atoms with Crippen LogP contribution in [0.5, 0.6) is 0 Å². The maximum Gasteiger partial charge on any atom is 0.372 e. The van der Waals surface area contributed by atoms with Crippen LogP contribution in [0.15, 0.2) is 11.6 Å². The van der Waals surface area contributed by atoms with Crippen LogP contribution in [-0.4, -0.2) is 94.4 Å². The van der Waals surface area contributed by atoms with Crippen LogP contribution in [0, 0.1) is 41.4 Å². The van der Waals surface area contributed by atoms with Crippen molar-refractivity contribution in [3.05, 3.63) is 11.6 Å². The van der Waals surface area contributed by atoms with Gasteiger partial charge in [-0.3, -0.25) is 33.6 Å². The lowest BCUT2D eigenvalue weighted by Gasteiger charge is -2.08.